The quantitative estimate of drug-likeness (QED) is 0.368. The molecule has 2 N–H and O–H groups in total. The van der Waals surface area contributed by atoms with Crippen LogP contribution in [0.5, 0.6) is 0 Å². The third-order valence-electron chi connectivity index (χ3n) is 4.51. The number of rotatable bonds is 9. The Morgan fingerprint density at radius 3 is 1.89 bits per heavy atom. The molecule has 0 aliphatic rings. The normalized spacial score (nSPS) is 12.0. The molecule has 0 saturated heterocycles. The van der Waals surface area contributed by atoms with E-state index in [1.807, 2.05) is 11.8 Å². The van der Waals surface area contributed by atoms with Gasteiger partial charge in [0.25, 0.3) is 0 Å². The Balaban J connectivity index is 1.51. The van der Waals surface area contributed by atoms with Crippen molar-refractivity contribution >= 4 is 28.8 Å². The molecule has 1 atom stereocenters. The van der Waals surface area contributed by atoms with Crippen LogP contribution in [0.4, 0.5) is 17.1 Å². The lowest BCUT2D eigenvalue weighted by atomic mass is 10.1. The maximum absolute atomic E-state index is 3.57. The van der Waals surface area contributed by atoms with Crippen LogP contribution in [0, 0.1) is 5.92 Å². The van der Waals surface area contributed by atoms with Crippen LogP contribution in [-0.2, 0) is 5.75 Å². The third-order valence-corrected chi connectivity index (χ3v) is 5.60. The van der Waals surface area contributed by atoms with Crippen LogP contribution in [-0.4, -0.2) is 6.04 Å². The summed E-state index contributed by atoms with van der Waals surface area (Å²) in [6, 6.07) is 28.3. The Morgan fingerprint density at radius 1 is 0.714 bits per heavy atom. The zero-order valence-electron chi connectivity index (χ0n) is 17.0. The first-order chi connectivity index (χ1) is 13.6. The van der Waals surface area contributed by atoms with Gasteiger partial charge < -0.3 is 10.6 Å². The highest BCUT2D eigenvalue weighted by molar-refractivity contribution is 7.98. The van der Waals surface area contributed by atoms with Gasteiger partial charge in [0.2, 0.25) is 0 Å². The molecule has 0 radical (unpaired) electrons. The van der Waals surface area contributed by atoms with E-state index in [1.54, 1.807) is 0 Å². The Hall–Kier alpha value is -2.39. The van der Waals surface area contributed by atoms with E-state index in [0.717, 1.165) is 17.1 Å². The molecule has 0 fully saturated rings. The number of nitrogens with one attached hydrogen (secondary N) is 2. The molecule has 0 amide bonds. The minimum absolute atomic E-state index is 0.486. The monoisotopic (exact) mass is 390 g/mol. The average molecular weight is 391 g/mol. The molecule has 28 heavy (non-hydrogen) atoms. The molecule has 3 heteroatoms. The van der Waals surface area contributed by atoms with E-state index in [0.29, 0.717) is 12.0 Å². The highest BCUT2D eigenvalue weighted by Gasteiger charge is 2.05. The fraction of sp³-hybridized carbons (Fsp3) is 0.280. The first kappa shape index (κ1) is 20.3. The van der Waals surface area contributed by atoms with Crippen molar-refractivity contribution in [2.75, 3.05) is 10.6 Å². The van der Waals surface area contributed by atoms with E-state index in [1.165, 1.54) is 22.6 Å². The van der Waals surface area contributed by atoms with Crippen molar-refractivity contribution in [2.24, 2.45) is 5.92 Å². The van der Waals surface area contributed by atoms with Gasteiger partial charge in [-0.15, -0.1) is 11.8 Å². The van der Waals surface area contributed by atoms with Gasteiger partial charge >= 0.3 is 0 Å². The van der Waals surface area contributed by atoms with Crippen molar-refractivity contribution in [1.82, 2.24) is 0 Å². The summed E-state index contributed by atoms with van der Waals surface area (Å²) in [6.45, 7) is 6.76. The summed E-state index contributed by atoms with van der Waals surface area (Å²) in [5.41, 5.74) is 4.72. The predicted octanol–water partition coefficient (Wildman–Crippen LogP) is 7.57. The first-order valence-corrected chi connectivity index (χ1v) is 11.0. The molecule has 3 rings (SSSR count). The van der Waals surface area contributed by atoms with Gasteiger partial charge in [-0.25, -0.2) is 0 Å². The van der Waals surface area contributed by atoms with Crippen LogP contribution in [0.3, 0.4) is 0 Å². The molecule has 0 bridgehead atoms. The molecular formula is C25H30N2S. The molecule has 2 nitrogen and oxygen atoms in total. The molecule has 0 heterocycles. The van der Waals surface area contributed by atoms with Gasteiger partial charge in [-0.3, -0.25) is 0 Å². The highest BCUT2D eigenvalue weighted by Crippen LogP contribution is 2.24. The van der Waals surface area contributed by atoms with Gasteiger partial charge in [0.1, 0.15) is 0 Å². The molecule has 146 valence electrons. The number of thioether (sulfide) groups is 1. The lowest BCUT2D eigenvalue weighted by Gasteiger charge is -2.17. The minimum Gasteiger partial charge on any atom is -0.383 e. The number of anilines is 3. The summed E-state index contributed by atoms with van der Waals surface area (Å²) in [5.74, 6) is 1.69. The largest absolute Gasteiger partial charge is 0.383 e. The third kappa shape index (κ3) is 6.65. The van der Waals surface area contributed by atoms with Crippen molar-refractivity contribution < 1.29 is 0 Å². The van der Waals surface area contributed by atoms with Crippen molar-refractivity contribution in [3.05, 3.63) is 84.4 Å². The van der Waals surface area contributed by atoms with E-state index in [2.05, 4.69) is 110 Å². The first-order valence-electron chi connectivity index (χ1n) is 9.99. The molecule has 3 aromatic rings. The summed E-state index contributed by atoms with van der Waals surface area (Å²) in [5, 5.41) is 7.05. The Bertz CT molecular complexity index is 827. The molecule has 0 saturated carbocycles. The van der Waals surface area contributed by atoms with Crippen molar-refractivity contribution in [3.8, 4) is 0 Å². The van der Waals surface area contributed by atoms with Gasteiger partial charge in [-0.05, 0) is 73.4 Å². The second-order valence-electron chi connectivity index (χ2n) is 7.68. The lowest BCUT2D eigenvalue weighted by molar-refractivity contribution is 0.540. The van der Waals surface area contributed by atoms with E-state index in [4.69, 9.17) is 0 Å². The predicted molar refractivity (Wildman–Crippen MR) is 125 cm³/mol. The minimum atomic E-state index is 0.486. The smallest absolute Gasteiger partial charge is 0.0385 e. The molecule has 3 aromatic carbocycles. The van der Waals surface area contributed by atoms with Gasteiger partial charge in [-0.1, -0.05) is 44.2 Å². The molecule has 1 unspecified atom stereocenters. The topological polar surface area (TPSA) is 24.1 Å². The number of hydrogen-bond donors (Lipinski definition) is 2. The fourth-order valence-electron chi connectivity index (χ4n) is 3.23. The van der Waals surface area contributed by atoms with E-state index >= 15 is 0 Å². The summed E-state index contributed by atoms with van der Waals surface area (Å²) in [7, 11) is 0. The van der Waals surface area contributed by atoms with Gasteiger partial charge in [0.15, 0.2) is 0 Å². The fourth-order valence-corrected chi connectivity index (χ4v) is 4.11. The SMILES string of the molecule is CC(C)CC(C)Nc1ccc(Nc2ccc(CSc3ccccc3)cc2)cc1. The van der Waals surface area contributed by atoms with Crippen LogP contribution in [0.25, 0.3) is 0 Å². The summed E-state index contributed by atoms with van der Waals surface area (Å²) >= 11 is 1.87. The van der Waals surface area contributed by atoms with Crippen LogP contribution in [0.15, 0.2) is 83.8 Å². The summed E-state index contributed by atoms with van der Waals surface area (Å²) in [4.78, 5) is 1.31. The molecule has 0 spiro atoms. The van der Waals surface area contributed by atoms with Crippen LogP contribution in [0.1, 0.15) is 32.8 Å². The number of hydrogen-bond acceptors (Lipinski definition) is 3. The van der Waals surface area contributed by atoms with Crippen LogP contribution >= 0.6 is 11.8 Å². The second-order valence-corrected chi connectivity index (χ2v) is 8.72. The summed E-state index contributed by atoms with van der Waals surface area (Å²) in [6.07, 6.45) is 1.18. The van der Waals surface area contributed by atoms with E-state index in [9.17, 15) is 0 Å². The Labute approximate surface area is 173 Å². The van der Waals surface area contributed by atoms with Gasteiger partial charge in [-0.2, -0.15) is 0 Å². The molecular weight excluding hydrogens is 360 g/mol. The zero-order chi connectivity index (χ0) is 19.8. The molecule has 0 aliphatic carbocycles. The zero-order valence-corrected chi connectivity index (χ0v) is 17.8. The highest BCUT2D eigenvalue weighted by atomic mass is 32.2. The van der Waals surface area contributed by atoms with Crippen molar-refractivity contribution in [2.45, 2.75) is 43.9 Å². The average Bonchev–Trinajstić information content (AvgIpc) is 2.69. The van der Waals surface area contributed by atoms with E-state index < -0.39 is 0 Å². The van der Waals surface area contributed by atoms with Crippen molar-refractivity contribution in [3.63, 3.8) is 0 Å². The van der Waals surface area contributed by atoms with Gasteiger partial charge in [0.05, 0.1) is 0 Å². The molecule has 0 aliphatic heterocycles. The van der Waals surface area contributed by atoms with Crippen LogP contribution < -0.4 is 10.6 Å². The van der Waals surface area contributed by atoms with Gasteiger partial charge in [0, 0.05) is 33.8 Å². The maximum Gasteiger partial charge on any atom is 0.0385 e. The van der Waals surface area contributed by atoms with E-state index in [-0.39, 0.29) is 0 Å². The standard InChI is InChI=1S/C25H30N2S/c1-19(2)17-20(3)26-22-13-15-24(16-14-22)27-23-11-9-21(10-12-23)18-28-25-7-5-4-6-8-25/h4-16,19-20,26-27H,17-18H2,1-3H3. The van der Waals surface area contributed by atoms with Crippen LogP contribution in [0.2, 0.25) is 0 Å². The summed E-state index contributed by atoms with van der Waals surface area (Å²) < 4.78 is 0. The maximum atomic E-state index is 3.57. The Kier molecular flexibility index (Phi) is 7.44. The van der Waals surface area contributed by atoms with Crippen molar-refractivity contribution in [1.29, 1.82) is 0 Å². The second kappa shape index (κ2) is 10.2. The Morgan fingerprint density at radius 2 is 1.29 bits per heavy atom. The lowest BCUT2D eigenvalue weighted by Crippen LogP contribution is -2.17. The number of benzene rings is 3. The molecule has 0 aromatic heterocycles.